The van der Waals surface area contributed by atoms with Crippen molar-refractivity contribution in [3.8, 4) is 0 Å². The van der Waals surface area contributed by atoms with Crippen molar-refractivity contribution in [2.24, 2.45) is 7.05 Å². The van der Waals surface area contributed by atoms with Crippen LogP contribution in [0.3, 0.4) is 0 Å². The number of aryl methyl sites for hydroxylation is 2. The molecule has 2 N–H and O–H groups in total. The highest BCUT2D eigenvalue weighted by atomic mass is 16.1. The van der Waals surface area contributed by atoms with Crippen molar-refractivity contribution in [1.82, 2.24) is 15.1 Å². The molecular formula is C13H23N5O. The molecule has 0 atom stereocenters. The van der Waals surface area contributed by atoms with Gasteiger partial charge in [0.1, 0.15) is 5.69 Å². The van der Waals surface area contributed by atoms with Crippen LogP contribution in [0.15, 0.2) is 0 Å². The number of carbonyl (C=O) groups excluding carboxylic acids is 1. The van der Waals surface area contributed by atoms with Crippen molar-refractivity contribution in [2.75, 3.05) is 36.4 Å². The lowest BCUT2D eigenvalue weighted by molar-refractivity contribution is -0.116. The van der Waals surface area contributed by atoms with Gasteiger partial charge in [0.05, 0.1) is 5.69 Å². The molecule has 0 aliphatic carbocycles. The Labute approximate surface area is 114 Å². The second-order valence-corrected chi connectivity index (χ2v) is 4.94. The van der Waals surface area contributed by atoms with Crippen LogP contribution in [0.25, 0.3) is 0 Å². The number of hydrogen-bond donors (Lipinski definition) is 2. The van der Waals surface area contributed by atoms with Crippen LogP contribution in [0.2, 0.25) is 0 Å². The Morgan fingerprint density at radius 2 is 2.11 bits per heavy atom. The first-order chi connectivity index (χ1) is 9.13. The summed E-state index contributed by atoms with van der Waals surface area (Å²) in [6.45, 7) is 7.75. The largest absolute Gasteiger partial charge is 0.353 e. The minimum Gasteiger partial charge on any atom is -0.353 e. The van der Waals surface area contributed by atoms with Gasteiger partial charge in [0, 0.05) is 39.6 Å². The van der Waals surface area contributed by atoms with Gasteiger partial charge in [-0.3, -0.25) is 9.48 Å². The van der Waals surface area contributed by atoms with Gasteiger partial charge in [0.25, 0.3) is 0 Å². The Balaban J connectivity index is 2.23. The minimum atomic E-state index is 0.0648. The van der Waals surface area contributed by atoms with E-state index in [-0.39, 0.29) is 5.91 Å². The molecule has 1 aromatic heterocycles. The fourth-order valence-corrected chi connectivity index (χ4v) is 2.46. The smallest absolute Gasteiger partial charge is 0.224 e. The standard InChI is InChI=1S/C13H23N5O/c1-4-5-11(19)15-12-10(2)16-17(3)13(12)18-8-6-14-7-9-18/h14H,4-9H2,1-3H3,(H,15,19). The molecule has 0 bridgehead atoms. The number of rotatable bonds is 4. The molecule has 6 nitrogen and oxygen atoms in total. The average Bonchev–Trinajstić information content (AvgIpc) is 2.65. The van der Waals surface area contributed by atoms with Crippen LogP contribution in [0.1, 0.15) is 25.5 Å². The van der Waals surface area contributed by atoms with Crippen molar-refractivity contribution in [1.29, 1.82) is 0 Å². The maximum atomic E-state index is 11.8. The molecule has 19 heavy (non-hydrogen) atoms. The van der Waals surface area contributed by atoms with E-state index in [0.717, 1.165) is 49.8 Å². The highest BCUT2D eigenvalue weighted by Crippen LogP contribution is 2.29. The number of aromatic nitrogens is 2. The molecule has 106 valence electrons. The zero-order valence-electron chi connectivity index (χ0n) is 12.0. The van der Waals surface area contributed by atoms with Crippen LogP contribution in [0.4, 0.5) is 11.5 Å². The van der Waals surface area contributed by atoms with Crippen molar-refractivity contribution in [3.63, 3.8) is 0 Å². The fraction of sp³-hybridized carbons (Fsp3) is 0.692. The van der Waals surface area contributed by atoms with E-state index in [1.54, 1.807) is 0 Å². The minimum absolute atomic E-state index is 0.0648. The van der Waals surface area contributed by atoms with Crippen LogP contribution in [0, 0.1) is 6.92 Å². The van der Waals surface area contributed by atoms with E-state index in [1.807, 2.05) is 25.6 Å². The van der Waals surface area contributed by atoms with Crippen LogP contribution < -0.4 is 15.5 Å². The Bertz CT molecular complexity index is 448. The van der Waals surface area contributed by atoms with Crippen LogP contribution in [-0.2, 0) is 11.8 Å². The third-order valence-electron chi connectivity index (χ3n) is 3.35. The van der Waals surface area contributed by atoms with Gasteiger partial charge in [-0.05, 0) is 13.3 Å². The van der Waals surface area contributed by atoms with Crippen LogP contribution in [0.5, 0.6) is 0 Å². The number of nitrogens with one attached hydrogen (secondary N) is 2. The van der Waals surface area contributed by atoms with Gasteiger partial charge in [-0.15, -0.1) is 0 Å². The van der Waals surface area contributed by atoms with Gasteiger partial charge >= 0.3 is 0 Å². The third-order valence-corrected chi connectivity index (χ3v) is 3.35. The topological polar surface area (TPSA) is 62.2 Å². The highest BCUT2D eigenvalue weighted by Gasteiger charge is 2.22. The molecule has 1 fully saturated rings. The van der Waals surface area contributed by atoms with E-state index < -0.39 is 0 Å². The summed E-state index contributed by atoms with van der Waals surface area (Å²) in [4.78, 5) is 14.1. The van der Waals surface area contributed by atoms with E-state index in [1.165, 1.54) is 0 Å². The number of nitrogens with zero attached hydrogens (tertiary/aromatic N) is 3. The Kier molecular flexibility index (Phi) is 4.42. The van der Waals surface area contributed by atoms with E-state index in [0.29, 0.717) is 6.42 Å². The van der Waals surface area contributed by atoms with Gasteiger partial charge in [0.15, 0.2) is 5.82 Å². The summed E-state index contributed by atoms with van der Waals surface area (Å²) in [7, 11) is 1.93. The van der Waals surface area contributed by atoms with E-state index in [9.17, 15) is 4.79 Å². The molecule has 0 radical (unpaired) electrons. The summed E-state index contributed by atoms with van der Waals surface area (Å²) in [5.74, 6) is 1.08. The van der Waals surface area contributed by atoms with Crippen molar-refractivity contribution in [3.05, 3.63) is 5.69 Å². The predicted molar refractivity (Wildman–Crippen MR) is 76.6 cm³/mol. The number of carbonyl (C=O) groups is 1. The molecule has 0 aromatic carbocycles. The van der Waals surface area contributed by atoms with Gasteiger partial charge in [-0.2, -0.15) is 5.10 Å². The molecule has 1 saturated heterocycles. The van der Waals surface area contributed by atoms with Gasteiger partial charge < -0.3 is 15.5 Å². The summed E-state index contributed by atoms with van der Waals surface area (Å²) in [6.07, 6.45) is 1.41. The number of hydrogen-bond acceptors (Lipinski definition) is 4. The Hall–Kier alpha value is -1.56. The Morgan fingerprint density at radius 1 is 1.42 bits per heavy atom. The fourth-order valence-electron chi connectivity index (χ4n) is 2.46. The van der Waals surface area contributed by atoms with E-state index in [2.05, 4.69) is 20.6 Å². The molecule has 1 aliphatic heterocycles. The second-order valence-electron chi connectivity index (χ2n) is 4.94. The first-order valence-electron chi connectivity index (χ1n) is 6.92. The number of piperazine rings is 1. The monoisotopic (exact) mass is 265 g/mol. The molecule has 1 aliphatic rings. The summed E-state index contributed by atoms with van der Waals surface area (Å²) >= 11 is 0. The van der Waals surface area contributed by atoms with Crippen molar-refractivity contribution >= 4 is 17.4 Å². The molecule has 1 aromatic rings. The molecule has 0 unspecified atom stereocenters. The molecular weight excluding hydrogens is 242 g/mol. The van der Waals surface area contributed by atoms with E-state index in [4.69, 9.17) is 0 Å². The molecule has 2 heterocycles. The quantitative estimate of drug-likeness (QED) is 0.848. The maximum absolute atomic E-state index is 11.8. The maximum Gasteiger partial charge on any atom is 0.224 e. The zero-order chi connectivity index (χ0) is 13.8. The lowest BCUT2D eigenvalue weighted by atomic mass is 10.2. The molecule has 1 amide bonds. The summed E-state index contributed by atoms with van der Waals surface area (Å²) in [6, 6.07) is 0. The normalized spacial score (nSPS) is 15.6. The Morgan fingerprint density at radius 3 is 2.74 bits per heavy atom. The zero-order valence-corrected chi connectivity index (χ0v) is 12.0. The molecule has 6 heteroatoms. The molecule has 0 saturated carbocycles. The highest BCUT2D eigenvalue weighted by molar-refractivity contribution is 5.94. The van der Waals surface area contributed by atoms with Crippen LogP contribution in [-0.4, -0.2) is 41.9 Å². The van der Waals surface area contributed by atoms with Gasteiger partial charge in [-0.25, -0.2) is 0 Å². The van der Waals surface area contributed by atoms with Crippen molar-refractivity contribution in [2.45, 2.75) is 26.7 Å². The SMILES string of the molecule is CCCC(=O)Nc1c(C)nn(C)c1N1CCNCC1. The van der Waals surface area contributed by atoms with Gasteiger partial charge in [-0.1, -0.05) is 6.92 Å². The first-order valence-corrected chi connectivity index (χ1v) is 6.92. The lowest BCUT2D eigenvalue weighted by Gasteiger charge is -2.30. The van der Waals surface area contributed by atoms with Gasteiger partial charge in [0.2, 0.25) is 5.91 Å². The number of amides is 1. The first kappa shape index (κ1) is 13.9. The lowest BCUT2D eigenvalue weighted by Crippen LogP contribution is -2.44. The predicted octanol–water partition coefficient (Wildman–Crippen LogP) is 0.877. The summed E-state index contributed by atoms with van der Waals surface area (Å²) < 4.78 is 1.86. The third kappa shape index (κ3) is 3.07. The average molecular weight is 265 g/mol. The van der Waals surface area contributed by atoms with E-state index >= 15 is 0 Å². The summed E-state index contributed by atoms with van der Waals surface area (Å²) in [5, 5.41) is 10.8. The second kappa shape index (κ2) is 6.06. The molecule has 0 spiro atoms. The van der Waals surface area contributed by atoms with Crippen LogP contribution >= 0.6 is 0 Å². The molecule has 2 rings (SSSR count). The van der Waals surface area contributed by atoms with Crippen molar-refractivity contribution < 1.29 is 4.79 Å². The number of anilines is 2. The summed E-state index contributed by atoms with van der Waals surface area (Å²) in [5.41, 5.74) is 1.74.